The van der Waals surface area contributed by atoms with Gasteiger partial charge < -0.3 is 10.2 Å². The number of carbonyl (C=O) groups is 1. The Labute approximate surface area is 114 Å². The maximum Gasteiger partial charge on any atom is 0.271 e. The van der Waals surface area contributed by atoms with E-state index in [1.54, 1.807) is 12.3 Å². The molecule has 5 nitrogen and oxygen atoms in total. The molecule has 18 heavy (non-hydrogen) atoms. The third kappa shape index (κ3) is 3.71. The lowest BCUT2D eigenvalue weighted by atomic mass is 9.93. The van der Waals surface area contributed by atoms with Crippen molar-refractivity contribution in [2.24, 2.45) is 5.92 Å². The van der Waals surface area contributed by atoms with Crippen LogP contribution in [0.15, 0.2) is 12.3 Å². The SMILES string of the molecule is CNCCC1CCN(C(=O)c2ccn[nH]2)CC1.Cl. The number of aromatic amines is 1. The Balaban J connectivity index is 0.00000162. The molecular weight excluding hydrogens is 252 g/mol. The molecule has 0 spiro atoms. The summed E-state index contributed by atoms with van der Waals surface area (Å²) in [6, 6.07) is 1.73. The molecule has 0 saturated carbocycles. The standard InChI is InChI=1S/C12H20N4O.ClH/c1-13-6-2-10-4-8-16(9-5-10)12(17)11-3-7-14-15-11;/h3,7,10,13H,2,4-6,8-9H2,1H3,(H,14,15);1H. The molecule has 1 saturated heterocycles. The molecule has 0 aromatic carbocycles. The first-order chi connectivity index (χ1) is 8.31. The molecule has 2 heterocycles. The third-order valence-electron chi connectivity index (χ3n) is 3.44. The summed E-state index contributed by atoms with van der Waals surface area (Å²) in [4.78, 5) is 13.9. The highest BCUT2D eigenvalue weighted by Crippen LogP contribution is 2.20. The van der Waals surface area contributed by atoms with E-state index in [4.69, 9.17) is 0 Å². The zero-order valence-electron chi connectivity index (χ0n) is 10.7. The minimum atomic E-state index is 0. The van der Waals surface area contributed by atoms with E-state index in [0.29, 0.717) is 5.69 Å². The van der Waals surface area contributed by atoms with Crippen molar-refractivity contribution in [3.63, 3.8) is 0 Å². The first-order valence-electron chi connectivity index (χ1n) is 6.24. The van der Waals surface area contributed by atoms with Crippen LogP contribution in [0.25, 0.3) is 0 Å². The topological polar surface area (TPSA) is 61.0 Å². The Kier molecular flexibility index (Phi) is 6.15. The highest BCUT2D eigenvalue weighted by molar-refractivity contribution is 5.92. The van der Waals surface area contributed by atoms with E-state index in [0.717, 1.165) is 38.4 Å². The average Bonchev–Trinajstić information content (AvgIpc) is 2.90. The summed E-state index contributed by atoms with van der Waals surface area (Å²) in [7, 11) is 1.98. The summed E-state index contributed by atoms with van der Waals surface area (Å²) in [5.41, 5.74) is 0.596. The van der Waals surface area contributed by atoms with Gasteiger partial charge in [0.1, 0.15) is 5.69 Å². The highest BCUT2D eigenvalue weighted by Gasteiger charge is 2.23. The number of nitrogens with zero attached hydrogens (tertiary/aromatic N) is 2. The van der Waals surface area contributed by atoms with Crippen LogP contribution in [0.1, 0.15) is 29.8 Å². The van der Waals surface area contributed by atoms with Crippen molar-refractivity contribution in [1.82, 2.24) is 20.4 Å². The Morgan fingerprint density at radius 2 is 2.28 bits per heavy atom. The Bertz CT molecular complexity index is 347. The summed E-state index contributed by atoms with van der Waals surface area (Å²) in [6.07, 6.45) is 5.05. The van der Waals surface area contributed by atoms with Gasteiger partial charge in [-0.25, -0.2) is 0 Å². The molecular formula is C12H21ClN4O. The fourth-order valence-electron chi connectivity index (χ4n) is 2.32. The molecule has 1 aliphatic rings. The fourth-order valence-corrected chi connectivity index (χ4v) is 2.32. The van der Waals surface area contributed by atoms with Crippen LogP contribution in [-0.4, -0.2) is 47.7 Å². The van der Waals surface area contributed by atoms with Gasteiger partial charge in [-0.2, -0.15) is 5.10 Å². The highest BCUT2D eigenvalue weighted by atomic mass is 35.5. The van der Waals surface area contributed by atoms with Crippen molar-refractivity contribution in [2.75, 3.05) is 26.7 Å². The molecule has 6 heteroatoms. The quantitative estimate of drug-likeness (QED) is 0.868. The Morgan fingerprint density at radius 1 is 1.56 bits per heavy atom. The van der Waals surface area contributed by atoms with E-state index in [1.807, 2.05) is 11.9 Å². The van der Waals surface area contributed by atoms with E-state index in [1.165, 1.54) is 6.42 Å². The van der Waals surface area contributed by atoms with Crippen LogP contribution >= 0.6 is 12.4 Å². The molecule has 1 aliphatic heterocycles. The molecule has 1 aromatic rings. The van der Waals surface area contributed by atoms with E-state index in [9.17, 15) is 4.79 Å². The minimum absolute atomic E-state index is 0. The molecule has 1 fully saturated rings. The van der Waals surface area contributed by atoms with Gasteiger partial charge in [-0.1, -0.05) is 0 Å². The number of aromatic nitrogens is 2. The zero-order valence-corrected chi connectivity index (χ0v) is 11.5. The summed E-state index contributed by atoms with van der Waals surface area (Å²) < 4.78 is 0. The number of carbonyl (C=O) groups excluding carboxylic acids is 1. The number of hydrogen-bond donors (Lipinski definition) is 2. The number of hydrogen-bond acceptors (Lipinski definition) is 3. The molecule has 2 N–H and O–H groups in total. The normalized spacial score (nSPS) is 16.4. The second-order valence-electron chi connectivity index (χ2n) is 4.60. The summed E-state index contributed by atoms with van der Waals surface area (Å²) in [5, 5.41) is 9.72. The summed E-state index contributed by atoms with van der Waals surface area (Å²) in [5.74, 6) is 0.836. The summed E-state index contributed by atoms with van der Waals surface area (Å²) in [6.45, 7) is 2.80. The lowest BCUT2D eigenvalue weighted by Crippen LogP contribution is -2.39. The molecule has 0 bridgehead atoms. The van der Waals surface area contributed by atoms with Crippen LogP contribution in [0.2, 0.25) is 0 Å². The van der Waals surface area contributed by atoms with Crippen LogP contribution < -0.4 is 5.32 Å². The lowest BCUT2D eigenvalue weighted by molar-refractivity contribution is 0.0681. The van der Waals surface area contributed by atoms with Gasteiger partial charge in [0.05, 0.1) is 0 Å². The van der Waals surface area contributed by atoms with E-state index < -0.39 is 0 Å². The third-order valence-corrected chi connectivity index (χ3v) is 3.44. The monoisotopic (exact) mass is 272 g/mol. The number of likely N-dealkylation sites (tertiary alicyclic amines) is 1. The number of nitrogens with one attached hydrogen (secondary N) is 2. The second-order valence-corrected chi connectivity index (χ2v) is 4.60. The number of rotatable bonds is 4. The van der Waals surface area contributed by atoms with E-state index >= 15 is 0 Å². The largest absolute Gasteiger partial charge is 0.337 e. The van der Waals surface area contributed by atoms with E-state index in [2.05, 4.69) is 15.5 Å². The Morgan fingerprint density at radius 3 is 2.83 bits per heavy atom. The van der Waals surface area contributed by atoms with Crippen LogP contribution in [0.5, 0.6) is 0 Å². The first kappa shape index (κ1) is 15.0. The molecule has 0 unspecified atom stereocenters. The van der Waals surface area contributed by atoms with Crippen molar-refractivity contribution < 1.29 is 4.79 Å². The molecule has 1 aromatic heterocycles. The lowest BCUT2D eigenvalue weighted by Gasteiger charge is -2.31. The van der Waals surface area contributed by atoms with Gasteiger partial charge in [-0.3, -0.25) is 9.89 Å². The smallest absolute Gasteiger partial charge is 0.271 e. The Hall–Kier alpha value is -1.07. The van der Waals surface area contributed by atoms with Crippen LogP contribution in [-0.2, 0) is 0 Å². The number of piperidine rings is 1. The molecule has 1 amide bonds. The molecule has 102 valence electrons. The van der Waals surface area contributed by atoms with Gasteiger partial charge in [0.15, 0.2) is 0 Å². The van der Waals surface area contributed by atoms with Crippen LogP contribution in [0, 0.1) is 5.92 Å². The van der Waals surface area contributed by atoms with E-state index in [-0.39, 0.29) is 18.3 Å². The van der Waals surface area contributed by atoms with Crippen molar-refractivity contribution >= 4 is 18.3 Å². The van der Waals surface area contributed by atoms with Crippen LogP contribution in [0.3, 0.4) is 0 Å². The van der Waals surface area contributed by atoms with Crippen molar-refractivity contribution in [2.45, 2.75) is 19.3 Å². The van der Waals surface area contributed by atoms with Gasteiger partial charge in [0, 0.05) is 19.3 Å². The number of amides is 1. The maximum atomic E-state index is 12.0. The second kappa shape index (κ2) is 7.38. The zero-order chi connectivity index (χ0) is 12.1. The predicted octanol–water partition coefficient (Wildman–Crippen LogP) is 1.29. The van der Waals surface area contributed by atoms with Gasteiger partial charge in [0.25, 0.3) is 5.91 Å². The average molecular weight is 273 g/mol. The summed E-state index contributed by atoms with van der Waals surface area (Å²) >= 11 is 0. The predicted molar refractivity (Wildman–Crippen MR) is 73.0 cm³/mol. The maximum absolute atomic E-state index is 12.0. The van der Waals surface area contributed by atoms with Gasteiger partial charge in [-0.05, 0) is 44.8 Å². The molecule has 2 rings (SSSR count). The van der Waals surface area contributed by atoms with Crippen LogP contribution in [0.4, 0.5) is 0 Å². The number of H-pyrrole nitrogens is 1. The van der Waals surface area contributed by atoms with Crippen molar-refractivity contribution in [1.29, 1.82) is 0 Å². The minimum Gasteiger partial charge on any atom is -0.337 e. The number of halogens is 1. The molecule has 0 atom stereocenters. The molecule has 0 aliphatic carbocycles. The van der Waals surface area contributed by atoms with Crippen molar-refractivity contribution in [3.8, 4) is 0 Å². The van der Waals surface area contributed by atoms with Gasteiger partial charge in [0.2, 0.25) is 0 Å². The fraction of sp³-hybridized carbons (Fsp3) is 0.667. The van der Waals surface area contributed by atoms with Crippen molar-refractivity contribution in [3.05, 3.63) is 18.0 Å². The molecule has 0 radical (unpaired) electrons. The van der Waals surface area contributed by atoms with Gasteiger partial charge >= 0.3 is 0 Å². The van der Waals surface area contributed by atoms with Gasteiger partial charge in [-0.15, -0.1) is 12.4 Å². The first-order valence-corrected chi connectivity index (χ1v) is 6.24.